The molecule has 1 atom stereocenters. The maximum Gasteiger partial charge on any atom is 0.237 e. The molecular weight excluding hydrogens is 326 g/mol. The highest BCUT2D eigenvalue weighted by atomic mass is 32.2. The van der Waals surface area contributed by atoms with E-state index in [2.05, 4.69) is 27.4 Å². The highest BCUT2D eigenvalue weighted by Crippen LogP contribution is 2.22. The molecule has 7 nitrogen and oxygen atoms in total. The molecule has 2 N–H and O–H groups in total. The number of benzene rings is 1. The van der Waals surface area contributed by atoms with Crippen molar-refractivity contribution in [3.05, 3.63) is 43.2 Å². The van der Waals surface area contributed by atoms with Gasteiger partial charge in [0.1, 0.15) is 6.33 Å². The number of carbonyl (C=O) groups excluding carboxylic acids is 2. The number of anilines is 2. The van der Waals surface area contributed by atoms with Crippen molar-refractivity contribution < 1.29 is 9.59 Å². The molecule has 0 aliphatic carbocycles. The van der Waals surface area contributed by atoms with E-state index < -0.39 is 0 Å². The number of thioether (sulfide) groups is 1. The maximum atomic E-state index is 12.3. The van der Waals surface area contributed by atoms with E-state index in [1.165, 1.54) is 18.7 Å². The third kappa shape index (κ3) is 4.95. The number of aromatic nitrogens is 3. The summed E-state index contributed by atoms with van der Waals surface area (Å²) < 4.78 is 1.82. The highest BCUT2D eigenvalue weighted by molar-refractivity contribution is 8.00. The Morgan fingerprint density at radius 2 is 1.92 bits per heavy atom. The zero-order valence-electron chi connectivity index (χ0n) is 13.5. The van der Waals surface area contributed by atoms with Gasteiger partial charge in [0, 0.05) is 24.8 Å². The molecule has 1 heterocycles. The molecule has 1 aromatic carbocycles. The molecule has 2 aromatic rings. The van der Waals surface area contributed by atoms with E-state index in [0.29, 0.717) is 23.1 Å². The fourth-order valence-electron chi connectivity index (χ4n) is 1.90. The first-order valence-corrected chi connectivity index (χ1v) is 8.21. The van der Waals surface area contributed by atoms with E-state index in [1.54, 1.807) is 43.6 Å². The summed E-state index contributed by atoms with van der Waals surface area (Å²) in [5.74, 6) is -0.277. The molecule has 0 unspecified atom stereocenters. The number of nitrogens with zero attached hydrogens (tertiary/aromatic N) is 3. The normalized spacial score (nSPS) is 11.6. The molecule has 0 fully saturated rings. The summed E-state index contributed by atoms with van der Waals surface area (Å²) in [4.78, 5) is 23.3. The zero-order chi connectivity index (χ0) is 17.5. The van der Waals surface area contributed by atoms with Crippen LogP contribution in [0.15, 0.2) is 48.4 Å². The van der Waals surface area contributed by atoms with E-state index in [9.17, 15) is 9.59 Å². The first kappa shape index (κ1) is 17.7. The molecule has 0 saturated heterocycles. The van der Waals surface area contributed by atoms with Crippen LogP contribution in [0.5, 0.6) is 0 Å². The van der Waals surface area contributed by atoms with Crippen molar-refractivity contribution in [3.63, 3.8) is 0 Å². The summed E-state index contributed by atoms with van der Waals surface area (Å²) >= 11 is 1.33. The van der Waals surface area contributed by atoms with Crippen LogP contribution in [0, 0.1) is 0 Å². The van der Waals surface area contributed by atoms with Crippen molar-refractivity contribution >= 4 is 35.0 Å². The summed E-state index contributed by atoms with van der Waals surface area (Å²) in [6.07, 6.45) is 3.35. The van der Waals surface area contributed by atoms with E-state index in [-0.39, 0.29) is 17.1 Å². The van der Waals surface area contributed by atoms with Crippen LogP contribution in [0.2, 0.25) is 0 Å². The number of rotatable bonds is 7. The molecule has 0 aliphatic rings. The third-order valence-electron chi connectivity index (χ3n) is 3.03. The summed E-state index contributed by atoms with van der Waals surface area (Å²) in [6, 6.07) is 6.94. The van der Waals surface area contributed by atoms with Crippen molar-refractivity contribution in [2.45, 2.75) is 30.8 Å². The lowest BCUT2D eigenvalue weighted by Gasteiger charge is -2.12. The molecule has 1 aromatic heterocycles. The second-order valence-electron chi connectivity index (χ2n) is 5.06. The standard InChI is InChI=1S/C16H19N5O2S/c1-4-9-21-10-17-20-16(21)24-11(2)15(23)19-14-7-5-13(6-8-14)18-12(3)22/h4-8,10-11H,1,9H2,2-3H3,(H,18,22)(H,19,23)/t11-/m1/s1. The van der Waals surface area contributed by atoms with Crippen molar-refractivity contribution in [3.8, 4) is 0 Å². The minimum Gasteiger partial charge on any atom is -0.326 e. The lowest BCUT2D eigenvalue weighted by Crippen LogP contribution is -2.22. The van der Waals surface area contributed by atoms with Gasteiger partial charge in [-0.1, -0.05) is 17.8 Å². The van der Waals surface area contributed by atoms with Crippen molar-refractivity contribution in [1.82, 2.24) is 14.8 Å². The molecule has 24 heavy (non-hydrogen) atoms. The van der Waals surface area contributed by atoms with Gasteiger partial charge in [-0.05, 0) is 31.2 Å². The molecule has 2 rings (SSSR count). The lowest BCUT2D eigenvalue weighted by atomic mass is 10.2. The minimum atomic E-state index is -0.340. The highest BCUT2D eigenvalue weighted by Gasteiger charge is 2.17. The van der Waals surface area contributed by atoms with Crippen LogP contribution in [0.25, 0.3) is 0 Å². The average molecular weight is 345 g/mol. The quantitative estimate of drug-likeness (QED) is 0.595. The van der Waals surface area contributed by atoms with Gasteiger partial charge in [0.15, 0.2) is 5.16 Å². The second-order valence-corrected chi connectivity index (χ2v) is 6.37. The van der Waals surface area contributed by atoms with Gasteiger partial charge < -0.3 is 15.2 Å². The number of nitrogens with one attached hydrogen (secondary N) is 2. The molecule has 0 saturated carbocycles. The van der Waals surface area contributed by atoms with Gasteiger partial charge in [0.05, 0.1) is 5.25 Å². The number of amides is 2. The topological polar surface area (TPSA) is 88.9 Å². The van der Waals surface area contributed by atoms with E-state index in [4.69, 9.17) is 0 Å². The summed E-state index contributed by atoms with van der Waals surface area (Å²) in [5, 5.41) is 13.7. The Bertz CT molecular complexity index is 726. The first-order valence-electron chi connectivity index (χ1n) is 7.33. The van der Waals surface area contributed by atoms with Gasteiger partial charge in [-0.3, -0.25) is 9.59 Å². The van der Waals surface area contributed by atoms with Gasteiger partial charge in [-0.2, -0.15) is 0 Å². The lowest BCUT2D eigenvalue weighted by molar-refractivity contribution is -0.115. The van der Waals surface area contributed by atoms with Crippen LogP contribution in [-0.4, -0.2) is 31.8 Å². The second kappa shape index (κ2) is 8.30. The van der Waals surface area contributed by atoms with Crippen molar-refractivity contribution in [1.29, 1.82) is 0 Å². The SMILES string of the molecule is C=CCn1cnnc1S[C@H](C)C(=O)Nc1ccc(NC(C)=O)cc1. The number of carbonyl (C=O) groups is 2. The number of hydrogen-bond donors (Lipinski definition) is 2. The van der Waals surface area contributed by atoms with Crippen LogP contribution in [0.1, 0.15) is 13.8 Å². The van der Waals surface area contributed by atoms with E-state index >= 15 is 0 Å². The van der Waals surface area contributed by atoms with Crippen LogP contribution < -0.4 is 10.6 Å². The van der Waals surface area contributed by atoms with Gasteiger partial charge in [-0.15, -0.1) is 16.8 Å². The summed E-state index contributed by atoms with van der Waals surface area (Å²) in [5.41, 5.74) is 1.34. The Morgan fingerprint density at radius 3 is 2.50 bits per heavy atom. The molecule has 0 spiro atoms. The van der Waals surface area contributed by atoms with Crippen LogP contribution in [0.3, 0.4) is 0 Å². The average Bonchev–Trinajstić information content (AvgIpc) is 2.96. The molecule has 8 heteroatoms. The van der Waals surface area contributed by atoms with Crippen molar-refractivity contribution in [2.75, 3.05) is 10.6 Å². The predicted molar refractivity (Wildman–Crippen MR) is 94.9 cm³/mol. The summed E-state index contributed by atoms with van der Waals surface area (Å²) in [7, 11) is 0. The first-order chi connectivity index (χ1) is 11.5. The molecule has 0 radical (unpaired) electrons. The van der Waals surface area contributed by atoms with Gasteiger partial charge in [0.2, 0.25) is 11.8 Å². The van der Waals surface area contributed by atoms with Gasteiger partial charge >= 0.3 is 0 Å². The van der Waals surface area contributed by atoms with E-state index in [1.807, 2.05) is 4.57 Å². The van der Waals surface area contributed by atoms with Crippen LogP contribution in [0.4, 0.5) is 11.4 Å². The molecule has 2 amide bonds. The number of hydrogen-bond acceptors (Lipinski definition) is 5. The number of allylic oxidation sites excluding steroid dienone is 1. The smallest absolute Gasteiger partial charge is 0.237 e. The van der Waals surface area contributed by atoms with Crippen LogP contribution >= 0.6 is 11.8 Å². The Morgan fingerprint density at radius 1 is 1.29 bits per heavy atom. The molecule has 0 aliphatic heterocycles. The predicted octanol–water partition coefficient (Wildman–Crippen LogP) is 2.54. The maximum absolute atomic E-state index is 12.3. The van der Waals surface area contributed by atoms with Crippen LogP contribution in [-0.2, 0) is 16.1 Å². The third-order valence-corrected chi connectivity index (χ3v) is 4.12. The fourth-order valence-corrected chi connectivity index (χ4v) is 2.73. The summed E-state index contributed by atoms with van der Waals surface area (Å²) in [6.45, 7) is 7.52. The Balaban J connectivity index is 1.94. The Kier molecular flexibility index (Phi) is 6.14. The Labute approximate surface area is 144 Å². The van der Waals surface area contributed by atoms with Gasteiger partial charge in [-0.25, -0.2) is 0 Å². The fraction of sp³-hybridized carbons (Fsp3) is 0.250. The van der Waals surface area contributed by atoms with E-state index in [0.717, 1.165) is 0 Å². The van der Waals surface area contributed by atoms with Gasteiger partial charge in [0.25, 0.3) is 0 Å². The molecule has 0 bridgehead atoms. The zero-order valence-corrected chi connectivity index (χ0v) is 14.3. The Hall–Kier alpha value is -2.61. The molecular formula is C16H19N5O2S. The van der Waals surface area contributed by atoms with Crippen molar-refractivity contribution in [2.24, 2.45) is 0 Å². The molecule has 126 valence electrons. The minimum absolute atomic E-state index is 0.138. The monoisotopic (exact) mass is 345 g/mol. The largest absolute Gasteiger partial charge is 0.326 e.